The van der Waals surface area contributed by atoms with Crippen molar-refractivity contribution in [1.82, 2.24) is 14.8 Å². The van der Waals surface area contributed by atoms with Gasteiger partial charge in [0.25, 0.3) is 5.91 Å². The molecule has 6 nitrogen and oxygen atoms in total. The number of carbonyl (C=O) groups excluding carboxylic acids is 1. The molecule has 1 aromatic rings. The molecule has 1 spiro atoms. The number of hydrogen-bond acceptors (Lipinski definition) is 5. The molecule has 1 aromatic heterocycles. The van der Waals surface area contributed by atoms with Crippen LogP contribution in [0.5, 0.6) is 0 Å². The molecule has 0 radical (unpaired) electrons. The smallest absolute Gasteiger partial charge is 0.275 e. The van der Waals surface area contributed by atoms with Crippen molar-refractivity contribution >= 4 is 5.91 Å². The molecule has 6 heteroatoms. The normalized spacial score (nSPS) is 25.6. The zero-order valence-electron chi connectivity index (χ0n) is 12.7. The lowest BCUT2D eigenvalue weighted by atomic mass is 9.76. The van der Waals surface area contributed by atoms with Crippen LogP contribution in [0.4, 0.5) is 0 Å². The van der Waals surface area contributed by atoms with Gasteiger partial charge in [0.15, 0.2) is 12.1 Å². The lowest BCUT2D eigenvalue weighted by Crippen LogP contribution is -2.44. The van der Waals surface area contributed by atoms with E-state index >= 15 is 0 Å². The lowest BCUT2D eigenvalue weighted by molar-refractivity contribution is 0.0586. The van der Waals surface area contributed by atoms with Crippen molar-refractivity contribution in [3.63, 3.8) is 0 Å². The number of aromatic nitrogens is 1. The van der Waals surface area contributed by atoms with E-state index in [0.29, 0.717) is 17.2 Å². The fourth-order valence-electron chi connectivity index (χ4n) is 3.78. The van der Waals surface area contributed by atoms with Crippen molar-refractivity contribution in [1.29, 1.82) is 0 Å². The number of methoxy groups -OCH3 is 1. The summed E-state index contributed by atoms with van der Waals surface area (Å²) >= 11 is 0. The van der Waals surface area contributed by atoms with Crippen molar-refractivity contribution < 1.29 is 13.9 Å². The van der Waals surface area contributed by atoms with Gasteiger partial charge in [0.1, 0.15) is 6.26 Å². The van der Waals surface area contributed by atoms with Crippen molar-refractivity contribution in [3.05, 3.63) is 18.4 Å². The van der Waals surface area contributed by atoms with E-state index in [1.54, 1.807) is 7.11 Å². The molecule has 2 fully saturated rings. The topological polar surface area (TPSA) is 58.8 Å². The zero-order chi connectivity index (χ0) is 14.9. The van der Waals surface area contributed by atoms with Crippen LogP contribution < -0.4 is 0 Å². The Balaban J connectivity index is 1.59. The van der Waals surface area contributed by atoms with Gasteiger partial charge in [0.05, 0.1) is 6.61 Å². The van der Waals surface area contributed by atoms with Crippen LogP contribution in [0.3, 0.4) is 0 Å². The molecular weight excluding hydrogens is 270 g/mol. The van der Waals surface area contributed by atoms with Gasteiger partial charge in [-0.15, -0.1) is 0 Å². The van der Waals surface area contributed by atoms with E-state index in [9.17, 15) is 4.79 Å². The van der Waals surface area contributed by atoms with E-state index in [4.69, 9.17) is 9.15 Å². The highest BCUT2D eigenvalue weighted by Crippen LogP contribution is 2.42. The number of oxazole rings is 1. The maximum Gasteiger partial charge on any atom is 0.275 e. The van der Waals surface area contributed by atoms with Crippen LogP contribution in [0.15, 0.2) is 17.1 Å². The summed E-state index contributed by atoms with van der Waals surface area (Å²) in [5, 5.41) is 0. The number of hydrogen-bond donors (Lipinski definition) is 0. The average molecular weight is 293 g/mol. The monoisotopic (exact) mass is 293 g/mol. The number of likely N-dealkylation sites (tertiary alicyclic amines) is 2. The van der Waals surface area contributed by atoms with E-state index in [0.717, 1.165) is 39.1 Å². The maximum absolute atomic E-state index is 12.3. The average Bonchev–Trinajstić information content (AvgIpc) is 3.09. The molecule has 1 amide bonds. The molecule has 0 N–H and O–H groups in total. The first-order valence-corrected chi connectivity index (χ1v) is 7.50. The fraction of sp³-hybridized carbons (Fsp3) is 0.733. The van der Waals surface area contributed by atoms with Crippen LogP contribution in [0.25, 0.3) is 0 Å². The minimum Gasteiger partial charge on any atom is -0.451 e. The number of amides is 1. The Hall–Kier alpha value is -1.40. The van der Waals surface area contributed by atoms with Crippen molar-refractivity contribution in [3.8, 4) is 0 Å². The second-order valence-corrected chi connectivity index (χ2v) is 6.39. The molecule has 0 aromatic carbocycles. The molecule has 3 rings (SSSR count). The summed E-state index contributed by atoms with van der Waals surface area (Å²) in [4.78, 5) is 20.5. The van der Waals surface area contributed by atoms with Gasteiger partial charge >= 0.3 is 0 Å². The highest BCUT2D eigenvalue weighted by Gasteiger charge is 2.44. The first kappa shape index (κ1) is 14.5. The molecule has 0 saturated carbocycles. The molecule has 2 aliphatic rings. The van der Waals surface area contributed by atoms with Crippen LogP contribution in [-0.4, -0.2) is 67.1 Å². The number of carbonyl (C=O) groups is 1. The second-order valence-electron chi connectivity index (χ2n) is 6.39. The Bertz CT molecular complexity index is 480. The lowest BCUT2D eigenvalue weighted by Gasteiger charge is -2.39. The Morgan fingerprint density at radius 2 is 2.29 bits per heavy atom. The third-order valence-electron chi connectivity index (χ3n) is 5.00. The van der Waals surface area contributed by atoms with Crippen LogP contribution >= 0.6 is 0 Å². The number of likely N-dealkylation sites (N-methyl/N-ethyl adjacent to an activating group) is 1. The van der Waals surface area contributed by atoms with Gasteiger partial charge in [-0.25, -0.2) is 4.98 Å². The summed E-state index contributed by atoms with van der Waals surface area (Å²) in [6.45, 7) is 3.51. The van der Waals surface area contributed by atoms with Crippen molar-refractivity contribution in [2.24, 2.45) is 5.41 Å². The molecule has 3 heterocycles. The van der Waals surface area contributed by atoms with E-state index in [2.05, 4.69) is 16.9 Å². The standard InChI is InChI=1S/C15H23N3O3/c1-17-10-15(7-12(17)8-20-2)3-5-18(6-4-15)14(19)13-9-21-11-16-13/h9,11-12H,3-8,10H2,1-2H3. The number of piperidine rings is 1. The minimum absolute atomic E-state index is 0.0154. The minimum atomic E-state index is -0.0154. The SMILES string of the molecule is COCC1CC2(CCN(C(=O)c3cocn3)CC2)CN1C. The molecule has 0 aliphatic carbocycles. The van der Waals surface area contributed by atoms with Gasteiger partial charge in [0.2, 0.25) is 0 Å². The van der Waals surface area contributed by atoms with Crippen molar-refractivity contribution in [2.45, 2.75) is 25.3 Å². The van der Waals surface area contributed by atoms with Crippen LogP contribution in [0.2, 0.25) is 0 Å². The number of ether oxygens (including phenoxy) is 1. The number of rotatable bonds is 3. The van der Waals surface area contributed by atoms with Gasteiger partial charge in [-0.2, -0.15) is 0 Å². The quantitative estimate of drug-likeness (QED) is 0.839. The fourth-order valence-corrected chi connectivity index (χ4v) is 3.78. The molecule has 0 bridgehead atoms. The summed E-state index contributed by atoms with van der Waals surface area (Å²) in [6.07, 6.45) is 6.01. The summed E-state index contributed by atoms with van der Waals surface area (Å²) in [7, 11) is 3.93. The molecule has 1 atom stereocenters. The first-order valence-electron chi connectivity index (χ1n) is 7.50. The molecule has 21 heavy (non-hydrogen) atoms. The van der Waals surface area contributed by atoms with Crippen LogP contribution in [0.1, 0.15) is 29.8 Å². The zero-order valence-corrected chi connectivity index (χ0v) is 12.7. The molecule has 2 aliphatic heterocycles. The number of nitrogens with zero attached hydrogens (tertiary/aromatic N) is 3. The van der Waals surface area contributed by atoms with Crippen LogP contribution in [0, 0.1) is 5.41 Å². The Morgan fingerprint density at radius 1 is 1.52 bits per heavy atom. The summed E-state index contributed by atoms with van der Waals surface area (Å²) in [6, 6.07) is 0.507. The van der Waals surface area contributed by atoms with E-state index in [1.807, 2.05) is 4.90 Å². The maximum atomic E-state index is 12.3. The molecule has 116 valence electrons. The summed E-state index contributed by atoms with van der Waals surface area (Å²) < 4.78 is 10.2. The molecule has 2 saturated heterocycles. The second kappa shape index (κ2) is 5.77. The van der Waals surface area contributed by atoms with E-state index in [-0.39, 0.29) is 5.91 Å². The van der Waals surface area contributed by atoms with Crippen molar-refractivity contribution in [2.75, 3.05) is 40.4 Å². The molecular formula is C15H23N3O3. The van der Waals surface area contributed by atoms with Gasteiger partial charge < -0.3 is 19.0 Å². The van der Waals surface area contributed by atoms with E-state index in [1.165, 1.54) is 19.1 Å². The Morgan fingerprint density at radius 3 is 2.90 bits per heavy atom. The van der Waals surface area contributed by atoms with Gasteiger partial charge in [0, 0.05) is 32.8 Å². The Labute approximate surface area is 125 Å². The predicted molar refractivity (Wildman–Crippen MR) is 77.0 cm³/mol. The summed E-state index contributed by atoms with van der Waals surface area (Å²) in [5.41, 5.74) is 0.755. The highest BCUT2D eigenvalue weighted by atomic mass is 16.5. The first-order chi connectivity index (χ1) is 10.1. The van der Waals surface area contributed by atoms with Gasteiger partial charge in [-0.05, 0) is 31.7 Å². The third kappa shape index (κ3) is 2.82. The van der Waals surface area contributed by atoms with Gasteiger partial charge in [-0.1, -0.05) is 0 Å². The summed E-state index contributed by atoms with van der Waals surface area (Å²) in [5.74, 6) is -0.0154. The van der Waals surface area contributed by atoms with E-state index < -0.39 is 0 Å². The Kier molecular flexibility index (Phi) is 3.99. The third-order valence-corrected chi connectivity index (χ3v) is 5.00. The highest BCUT2D eigenvalue weighted by molar-refractivity contribution is 5.91. The van der Waals surface area contributed by atoms with Gasteiger partial charge in [-0.3, -0.25) is 4.79 Å². The predicted octanol–water partition coefficient (Wildman–Crippen LogP) is 1.25. The van der Waals surface area contributed by atoms with Crippen LogP contribution in [-0.2, 0) is 4.74 Å². The molecule has 1 unspecified atom stereocenters. The largest absolute Gasteiger partial charge is 0.451 e.